The summed E-state index contributed by atoms with van der Waals surface area (Å²) in [5.41, 5.74) is 1.02. The van der Waals surface area contributed by atoms with Crippen molar-refractivity contribution in [2.24, 2.45) is 0 Å². The molecule has 0 aliphatic rings. The molecule has 0 fully saturated rings. The van der Waals surface area contributed by atoms with Crippen LogP contribution >= 0.6 is 27.3 Å². The van der Waals surface area contributed by atoms with E-state index in [9.17, 15) is 4.79 Å². The van der Waals surface area contributed by atoms with Crippen LogP contribution in [0.5, 0.6) is 5.75 Å². The van der Waals surface area contributed by atoms with Crippen LogP contribution in [0.15, 0.2) is 52.3 Å². The van der Waals surface area contributed by atoms with Crippen LogP contribution in [0.1, 0.15) is 23.3 Å². The van der Waals surface area contributed by atoms with E-state index in [1.54, 1.807) is 18.4 Å². The molecule has 130 valence electrons. The number of carbonyl (C=O) groups is 1. The molecule has 1 heterocycles. The van der Waals surface area contributed by atoms with Gasteiger partial charge in [-0.15, -0.1) is 11.3 Å². The Balaban J connectivity index is 1.63. The maximum Gasteiger partial charge on any atom is 0.227 e. The molecule has 0 bridgehead atoms. The fourth-order valence-corrected chi connectivity index (χ4v) is 4.22. The first-order chi connectivity index (χ1) is 12.1. The van der Waals surface area contributed by atoms with E-state index in [1.165, 1.54) is 4.88 Å². The highest BCUT2D eigenvalue weighted by Crippen LogP contribution is 2.25. The minimum absolute atomic E-state index is 0.0588. The number of halogens is 1. The van der Waals surface area contributed by atoms with Crippen molar-refractivity contribution in [1.82, 2.24) is 5.32 Å². The Labute approximate surface area is 160 Å². The van der Waals surface area contributed by atoms with Gasteiger partial charge < -0.3 is 10.1 Å². The highest BCUT2D eigenvalue weighted by Gasteiger charge is 2.15. The number of fused-ring (bicyclic) bond motifs is 1. The van der Waals surface area contributed by atoms with E-state index >= 15 is 0 Å². The third kappa shape index (κ3) is 4.41. The topological polar surface area (TPSA) is 38.3 Å². The molecule has 5 heteroatoms. The van der Waals surface area contributed by atoms with E-state index in [0.29, 0.717) is 6.54 Å². The predicted molar refractivity (Wildman–Crippen MR) is 108 cm³/mol. The lowest BCUT2D eigenvalue weighted by Crippen LogP contribution is -2.29. The predicted octanol–water partition coefficient (Wildman–Crippen LogP) is 5.13. The van der Waals surface area contributed by atoms with Crippen LogP contribution in [0, 0.1) is 0 Å². The maximum atomic E-state index is 12.4. The van der Waals surface area contributed by atoms with Gasteiger partial charge in [0.1, 0.15) is 5.75 Å². The van der Waals surface area contributed by atoms with Gasteiger partial charge in [-0.3, -0.25) is 4.79 Å². The third-order valence-electron chi connectivity index (χ3n) is 4.26. The molecular formula is C20H20BrNO2S. The minimum Gasteiger partial charge on any atom is -0.497 e. The summed E-state index contributed by atoms with van der Waals surface area (Å²) in [5, 5.41) is 5.26. The molecule has 0 aliphatic heterocycles. The molecule has 0 unspecified atom stereocenters. The largest absolute Gasteiger partial charge is 0.497 e. The Morgan fingerprint density at radius 1 is 1.16 bits per heavy atom. The Morgan fingerprint density at radius 3 is 2.64 bits per heavy atom. The zero-order chi connectivity index (χ0) is 17.8. The van der Waals surface area contributed by atoms with Gasteiger partial charge in [0.2, 0.25) is 5.91 Å². The Morgan fingerprint density at radius 2 is 1.92 bits per heavy atom. The lowest BCUT2D eigenvalue weighted by atomic mass is 9.97. The number of benzene rings is 2. The second-order valence-electron chi connectivity index (χ2n) is 5.94. The van der Waals surface area contributed by atoms with Crippen molar-refractivity contribution in [3.63, 3.8) is 0 Å². The molecule has 1 amide bonds. The standard InChI is InChI=1S/C20H20BrNO2S/c1-13(20(23)22-10-9-18-7-8-19(21)25-18)14-3-4-16-12-17(24-2)6-5-15(16)11-14/h3-8,11-13H,9-10H2,1-2H3,(H,22,23)/t13-/m1/s1. The number of hydrogen-bond donors (Lipinski definition) is 1. The molecule has 1 N–H and O–H groups in total. The van der Waals surface area contributed by atoms with Crippen LogP contribution in [-0.2, 0) is 11.2 Å². The second-order valence-corrected chi connectivity index (χ2v) is 8.49. The molecule has 3 aromatic rings. The van der Waals surface area contributed by atoms with Crippen molar-refractivity contribution >= 4 is 43.9 Å². The van der Waals surface area contributed by atoms with Crippen molar-refractivity contribution in [2.45, 2.75) is 19.3 Å². The summed E-state index contributed by atoms with van der Waals surface area (Å²) in [6.07, 6.45) is 0.853. The van der Waals surface area contributed by atoms with E-state index in [-0.39, 0.29) is 11.8 Å². The van der Waals surface area contributed by atoms with Crippen LogP contribution in [0.3, 0.4) is 0 Å². The number of rotatable bonds is 6. The van der Waals surface area contributed by atoms with E-state index < -0.39 is 0 Å². The molecule has 25 heavy (non-hydrogen) atoms. The highest BCUT2D eigenvalue weighted by atomic mass is 79.9. The molecule has 3 nitrogen and oxygen atoms in total. The van der Waals surface area contributed by atoms with Gasteiger partial charge in [-0.2, -0.15) is 0 Å². The lowest BCUT2D eigenvalue weighted by Gasteiger charge is -2.13. The molecule has 3 rings (SSSR count). The zero-order valence-corrected chi connectivity index (χ0v) is 16.6. The number of amides is 1. The smallest absolute Gasteiger partial charge is 0.227 e. The van der Waals surface area contributed by atoms with Gasteiger partial charge in [-0.25, -0.2) is 0 Å². The monoisotopic (exact) mass is 417 g/mol. The van der Waals surface area contributed by atoms with E-state index in [4.69, 9.17) is 4.74 Å². The SMILES string of the molecule is COc1ccc2cc([C@@H](C)C(=O)NCCc3ccc(Br)s3)ccc2c1. The fourth-order valence-electron chi connectivity index (χ4n) is 2.74. The molecule has 1 atom stereocenters. The summed E-state index contributed by atoms with van der Waals surface area (Å²) in [6, 6.07) is 16.2. The van der Waals surface area contributed by atoms with Gasteiger partial charge in [0.25, 0.3) is 0 Å². The van der Waals surface area contributed by atoms with Crippen molar-refractivity contribution in [2.75, 3.05) is 13.7 Å². The zero-order valence-electron chi connectivity index (χ0n) is 14.2. The molecule has 0 saturated carbocycles. The summed E-state index contributed by atoms with van der Waals surface area (Å²) in [6.45, 7) is 2.60. The highest BCUT2D eigenvalue weighted by molar-refractivity contribution is 9.11. The van der Waals surface area contributed by atoms with Gasteiger partial charge in [0.05, 0.1) is 16.8 Å². The summed E-state index contributed by atoms with van der Waals surface area (Å²) in [4.78, 5) is 13.7. The van der Waals surface area contributed by atoms with Gasteiger partial charge in [-0.05, 0) is 69.9 Å². The first kappa shape index (κ1) is 18.0. The summed E-state index contributed by atoms with van der Waals surface area (Å²) < 4.78 is 6.37. The molecule has 0 radical (unpaired) electrons. The average Bonchev–Trinajstić information content (AvgIpc) is 3.05. The Bertz CT molecular complexity index is 890. The average molecular weight is 418 g/mol. The van der Waals surface area contributed by atoms with Crippen molar-refractivity contribution in [3.8, 4) is 5.75 Å². The van der Waals surface area contributed by atoms with Crippen LogP contribution in [0.25, 0.3) is 10.8 Å². The molecule has 1 aromatic heterocycles. The first-order valence-electron chi connectivity index (χ1n) is 8.16. The minimum atomic E-state index is -0.179. The second kappa shape index (κ2) is 8.02. The maximum absolute atomic E-state index is 12.4. The Kier molecular flexibility index (Phi) is 5.76. The number of methoxy groups -OCH3 is 1. The molecule has 0 saturated heterocycles. The molecule has 2 aromatic carbocycles. The van der Waals surface area contributed by atoms with Crippen LogP contribution in [-0.4, -0.2) is 19.6 Å². The summed E-state index contributed by atoms with van der Waals surface area (Å²) in [5.74, 6) is 0.719. The number of carbonyl (C=O) groups excluding carboxylic acids is 1. The lowest BCUT2D eigenvalue weighted by molar-refractivity contribution is -0.122. The fraction of sp³-hybridized carbons (Fsp3) is 0.250. The molecule has 0 spiro atoms. The summed E-state index contributed by atoms with van der Waals surface area (Å²) >= 11 is 5.16. The Hall–Kier alpha value is -1.85. The normalized spacial score (nSPS) is 12.1. The van der Waals surface area contributed by atoms with Gasteiger partial charge in [-0.1, -0.05) is 24.3 Å². The number of thiophene rings is 1. The number of hydrogen-bond acceptors (Lipinski definition) is 3. The van der Waals surface area contributed by atoms with Crippen molar-refractivity contribution < 1.29 is 9.53 Å². The number of nitrogens with one attached hydrogen (secondary N) is 1. The van der Waals surface area contributed by atoms with E-state index in [2.05, 4.69) is 33.4 Å². The van der Waals surface area contributed by atoms with E-state index in [0.717, 1.165) is 32.3 Å². The van der Waals surface area contributed by atoms with Gasteiger partial charge in [0.15, 0.2) is 0 Å². The van der Waals surface area contributed by atoms with Crippen molar-refractivity contribution in [1.29, 1.82) is 0 Å². The van der Waals surface area contributed by atoms with Gasteiger partial charge in [0, 0.05) is 11.4 Å². The summed E-state index contributed by atoms with van der Waals surface area (Å²) in [7, 11) is 1.66. The quantitative estimate of drug-likeness (QED) is 0.603. The third-order valence-corrected chi connectivity index (χ3v) is 5.95. The molecular weight excluding hydrogens is 398 g/mol. The molecule has 0 aliphatic carbocycles. The van der Waals surface area contributed by atoms with Crippen LogP contribution in [0.2, 0.25) is 0 Å². The van der Waals surface area contributed by atoms with Crippen molar-refractivity contribution in [3.05, 3.63) is 62.8 Å². The van der Waals surface area contributed by atoms with E-state index in [1.807, 2.05) is 43.3 Å². The first-order valence-corrected chi connectivity index (χ1v) is 9.77. The van der Waals surface area contributed by atoms with Crippen LogP contribution < -0.4 is 10.1 Å². The number of ether oxygens (including phenoxy) is 1. The van der Waals surface area contributed by atoms with Crippen LogP contribution in [0.4, 0.5) is 0 Å². The van der Waals surface area contributed by atoms with Gasteiger partial charge >= 0.3 is 0 Å².